The quantitative estimate of drug-likeness (QED) is 0.560. The zero-order valence-corrected chi connectivity index (χ0v) is 24.0. The number of nitrogens with zero attached hydrogens (tertiary/aromatic N) is 3. The van der Waals surface area contributed by atoms with E-state index in [0.29, 0.717) is 18.5 Å². The summed E-state index contributed by atoms with van der Waals surface area (Å²) in [7, 11) is 0. The first-order valence-corrected chi connectivity index (χ1v) is 14.3. The lowest BCUT2D eigenvalue weighted by Crippen LogP contribution is -2.53. The fraction of sp³-hybridized carbons (Fsp3) is 0.700. The zero-order valence-electron chi connectivity index (χ0n) is 24.0. The van der Waals surface area contributed by atoms with Crippen molar-refractivity contribution >= 4 is 23.3 Å². The summed E-state index contributed by atoms with van der Waals surface area (Å²) in [6.07, 6.45) is 1.39. The first-order valence-electron chi connectivity index (χ1n) is 14.3. The van der Waals surface area contributed by atoms with Crippen molar-refractivity contribution in [3.05, 3.63) is 29.8 Å². The Morgan fingerprint density at radius 1 is 1.08 bits per heavy atom. The molecule has 0 bridgehead atoms. The number of hydrogen-bond donors (Lipinski definition) is 1. The van der Waals surface area contributed by atoms with Crippen molar-refractivity contribution < 1.29 is 19.1 Å². The topological polar surface area (TPSA) is 82.2 Å². The molecule has 210 valence electrons. The summed E-state index contributed by atoms with van der Waals surface area (Å²) >= 11 is 0. The fourth-order valence-electron chi connectivity index (χ4n) is 6.13. The average Bonchev–Trinajstić information content (AvgIpc) is 3.44. The van der Waals surface area contributed by atoms with Crippen LogP contribution >= 0.6 is 0 Å². The van der Waals surface area contributed by atoms with Crippen LogP contribution in [0, 0.1) is 17.3 Å². The van der Waals surface area contributed by atoms with Gasteiger partial charge in [-0.05, 0) is 55.0 Å². The van der Waals surface area contributed by atoms with Gasteiger partial charge in [-0.3, -0.25) is 19.3 Å². The number of benzene rings is 1. The number of fused-ring (bicyclic) bond motifs is 1. The Balaban J connectivity index is 1.45. The second-order valence-electron chi connectivity index (χ2n) is 12.8. The Hall–Kier alpha value is -2.45. The Labute approximate surface area is 228 Å². The van der Waals surface area contributed by atoms with E-state index in [1.807, 2.05) is 24.3 Å². The maximum Gasteiger partial charge on any atom is 0.251 e. The van der Waals surface area contributed by atoms with Gasteiger partial charge in [-0.15, -0.1) is 0 Å². The summed E-state index contributed by atoms with van der Waals surface area (Å²) in [6, 6.07) is 6.42. The molecule has 4 rings (SSSR count). The van der Waals surface area contributed by atoms with Crippen LogP contribution in [0.4, 0.5) is 5.69 Å². The van der Waals surface area contributed by atoms with Gasteiger partial charge >= 0.3 is 0 Å². The lowest BCUT2D eigenvalue weighted by molar-refractivity contribution is -0.138. The number of piperazine rings is 1. The Bertz CT molecular complexity index is 995. The van der Waals surface area contributed by atoms with E-state index < -0.39 is 12.1 Å². The number of ketones is 1. The normalized spacial score (nSPS) is 25.1. The maximum absolute atomic E-state index is 13.9. The second-order valence-corrected chi connectivity index (χ2v) is 12.8. The van der Waals surface area contributed by atoms with Crippen LogP contribution in [0.3, 0.4) is 0 Å². The molecule has 2 amide bonds. The molecule has 8 heteroatoms. The number of carbonyl (C=O) groups excluding carboxylic acids is 3. The smallest absolute Gasteiger partial charge is 0.251 e. The van der Waals surface area contributed by atoms with Gasteiger partial charge in [-0.2, -0.15) is 0 Å². The number of nitrogens with one attached hydrogen (secondary N) is 1. The zero-order chi connectivity index (χ0) is 27.6. The summed E-state index contributed by atoms with van der Waals surface area (Å²) < 4.78 is 5.82. The van der Waals surface area contributed by atoms with Crippen molar-refractivity contribution in [3.8, 4) is 0 Å². The Kier molecular flexibility index (Phi) is 8.82. The standard InChI is InChI=1S/C30H46N4O4/c1-7-12-32-13-15-33(16-14-32)22-10-8-21(9-11-22)28(36)31-24(17-30(4,5)6)29(37)34-18-23(20(2)3)27-26(34)25(35)19-38-27/h8-11,20,23-24,26-27H,7,12-19H2,1-6H3,(H,31,36)/t23-,24?,26-,27-/m1/s1. The summed E-state index contributed by atoms with van der Waals surface area (Å²) in [4.78, 5) is 46.4. The van der Waals surface area contributed by atoms with Crippen LogP contribution in [-0.2, 0) is 14.3 Å². The van der Waals surface area contributed by atoms with E-state index in [2.05, 4.69) is 56.7 Å². The molecule has 3 heterocycles. The number of rotatable bonds is 8. The van der Waals surface area contributed by atoms with Crippen molar-refractivity contribution in [1.82, 2.24) is 15.1 Å². The second kappa shape index (κ2) is 11.7. The molecule has 1 N–H and O–H groups in total. The van der Waals surface area contributed by atoms with E-state index in [4.69, 9.17) is 4.74 Å². The predicted octanol–water partition coefficient (Wildman–Crippen LogP) is 3.20. The predicted molar refractivity (Wildman–Crippen MR) is 149 cm³/mol. The highest BCUT2D eigenvalue weighted by molar-refractivity contribution is 5.99. The minimum absolute atomic E-state index is 0.0431. The lowest BCUT2D eigenvalue weighted by Gasteiger charge is -2.36. The molecule has 8 nitrogen and oxygen atoms in total. The third-order valence-electron chi connectivity index (χ3n) is 8.19. The highest BCUT2D eigenvalue weighted by atomic mass is 16.5. The van der Waals surface area contributed by atoms with Crippen LogP contribution in [-0.4, -0.2) is 91.5 Å². The molecule has 0 radical (unpaired) electrons. The minimum atomic E-state index is -0.714. The van der Waals surface area contributed by atoms with Crippen molar-refractivity contribution in [2.24, 2.45) is 17.3 Å². The summed E-state index contributed by atoms with van der Waals surface area (Å²) in [5.41, 5.74) is 1.46. The van der Waals surface area contributed by atoms with Gasteiger partial charge in [-0.1, -0.05) is 41.5 Å². The van der Waals surface area contributed by atoms with E-state index in [1.54, 1.807) is 4.90 Å². The minimum Gasteiger partial charge on any atom is -0.369 e. The van der Waals surface area contributed by atoms with Crippen LogP contribution in [0.2, 0.25) is 0 Å². The van der Waals surface area contributed by atoms with Gasteiger partial charge in [0.1, 0.15) is 18.7 Å². The average molecular weight is 527 g/mol. The molecular formula is C30H46N4O4. The van der Waals surface area contributed by atoms with Crippen LogP contribution in [0.15, 0.2) is 24.3 Å². The number of carbonyl (C=O) groups is 3. The molecule has 4 atom stereocenters. The number of anilines is 1. The van der Waals surface area contributed by atoms with E-state index in [0.717, 1.165) is 38.4 Å². The summed E-state index contributed by atoms with van der Waals surface area (Å²) in [6.45, 7) is 18.3. The Morgan fingerprint density at radius 3 is 2.32 bits per heavy atom. The number of likely N-dealkylation sites (tertiary alicyclic amines) is 1. The molecular weight excluding hydrogens is 480 g/mol. The first kappa shape index (κ1) is 28.6. The van der Waals surface area contributed by atoms with Crippen LogP contribution in [0.25, 0.3) is 0 Å². The molecule has 3 fully saturated rings. The molecule has 0 spiro atoms. The van der Waals surface area contributed by atoms with Crippen LogP contribution in [0.5, 0.6) is 0 Å². The van der Waals surface area contributed by atoms with Gasteiger partial charge in [-0.25, -0.2) is 0 Å². The first-order chi connectivity index (χ1) is 18.0. The van der Waals surface area contributed by atoms with Crippen LogP contribution in [0.1, 0.15) is 64.7 Å². The van der Waals surface area contributed by atoms with E-state index >= 15 is 0 Å². The molecule has 1 unspecified atom stereocenters. The number of ether oxygens (including phenoxy) is 1. The molecule has 1 aromatic rings. The third kappa shape index (κ3) is 6.40. The molecule has 0 aromatic heterocycles. The number of Topliss-reactive ketones (excluding diaryl/α,β-unsaturated/α-hetero) is 1. The lowest BCUT2D eigenvalue weighted by atomic mass is 9.87. The van der Waals surface area contributed by atoms with Crippen LogP contribution < -0.4 is 10.2 Å². The van der Waals surface area contributed by atoms with Gasteiger partial charge in [0.05, 0.1) is 6.10 Å². The highest BCUT2D eigenvalue weighted by Crippen LogP contribution is 2.37. The van der Waals surface area contributed by atoms with Crippen molar-refractivity contribution in [1.29, 1.82) is 0 Å². The largest absolute Gasteiger partial charge is 0.369 e. The maximum atomic E-state index is 13.9. The van der Waals surface area contributed by atoms with Crippen molar-refractivity contribution in [2.45, 2.75) is 72.6 Å². The van der Waals surface area contributed by atoms with Crippen molar-refractivity contribution in [2.75, 3.05) is 50.8 Å². The Morgan fingerprint density at radius 2 is 1.74 bits per heavy atom. The van der Waals surface area contributed by atoms with Gasteiger partial charge in [0.2, 0.25) is 5.91 Å². The van der Waals surface area contributed by atoms with E-state index in [-0.39, 0.29) is 47.6 Å². The number of hydrogen-bond acceptors (Lipinski definition) is 6. The molecule has 38 heavy (non-hydrogen) atoms. The summed E-state index contributed by atoms with van der Waals surface area (Å²) in [5, 5.41) is 3.02. The molecule has 3 aliphatic heterocycles. The van der Waals surface area contributed by atoms with Gasteiger partial charge in [0.15, 0.2) is 5.78 Å². The third-order valence-corrected chi connectivity index (χ3v) is 8.19. The SMILES string of the molecule is CCCN1CCN(c2ccc(C(=O)NC(CC(C)(C)C)C(=O)N3C[C@H](C(C)C)[C@H]4OCC(=O)[C@H]43)cc2)CC1. The van der Waals surface area contributed by atoms with Crippen molar-refractivity contribution in [3.63, 3.8) is 0 Å². The molecule has 3 saturated heterocycles. The molecule has 0 saturated carbocycles. The summed E-state index contributed by atoms with van der Waals surface area (Å²) in [5.74, 6) is -0.102. The highest BCUT2D eigenvalue weighted by Gasteiger charge is 2.53. The molecule has 0 aliphatic carbocycles. The molecule has 3 aliphatic rings. The fourth-order valence-corrected chi connectivity index (χ4v) is 6.13. The van der Waals surface area contributed by atoms with E-state index in [1.165, 1.54) is 6.42 Å². The van der Waals surface area contributed by atoms with Gasteiger partial charge < -0.3 is 19.9 Å². The van der Waals surface area contributed by atoms with E-state index in [9.17, 15) is 14.4 Å². The van der Waals surface area contributed by atoms with Gasteiger partial charge in [0, 0.05) is 49.9 Å². The monoisotopic (exact) mass is 526 g/mol. The molecule has 1 aromatic carbocycles. The van der Waals surface area contributed by atoms with Gasteiger partial charge in [0.25, 0.3) is 5.91 Å². The number of amides is 2.